The molecule has 0 saturated carbocycles. The summed E-state index contributed by atoms with van der Waals surface area (Å²) in [6, 6.07) is 19.3. The van der Waals surface area contributed by atoms with E-state index in [1.165, 1.54) is 30.3 Å². The van der Waals surface area contributed by atoms with Crippen LogP contribution in [0.2, 0.25) is 10.0 Å². The molecule has 0 radical (unpaired) electrons. The molecule has 0 aliphatic heterocycles. The average molecular weight is 526 g/mol. The van der Waals surface area contributed by atoms with Gasteiger partial charge in [0.15, 0.2) is 0 Å². The van der Waals surface area contributed by atoms with Crippen LogP contribution in [0.5, 0.6) is 5.75 Å². The van der Waals surface area contributed by atoms with E-state index in [9.17, 15) is 18.4 Å². The van der Waals surface area contributed by atoms with E-state index in [-0.39, 0.29) is 23.3 Å². The Balaban J connectivity index is 1.68. The van der Waals surface area contributed by atoms with Crippen molar-refractivity contribution in [3.8, 4) is 16.9 Å². The Morgan fingerprint density at radius 3 is 2.42 bits per heavy atom. The fourth-order valence-corrected chi connectivity index (χ4v) is 4.04. The second kappa shape index (κ2) is 10.9. The highest BCUT2D eigenvalue weighted by molar-refractivity contribution is 6.35. The number of amides is 1. The molecule has 0 fully saturated rings. The number of ether oxygens (including phenoxy) is 1. The Hall–Kier alpha value is -3.74. The van der Waals surface area contributed by atoms with Gasteiger partial charge in [-0.1, -0.05) is 53.5 Å². The number of esters is 1. The first-order valence-corrected chi connectivity index (χ1v) is 11.6. The van der Waals surface area contributed by atoms with E-state index in [0.29, 0.717) is 26.9 Å². The smallest absolute Gasteiger partial charge is 0.315 e. The van der Waals surface area contributed by atoms with Gasteiger partial charge in [0.05, 0.1) is 12.0 Å². The fourth-order valence-electron chi connectivity index (χ4n) is 3.57. The molecular formula is C28H19Cl2F2NO3. The number of hydrogen-bond acceptors (Lipinski definition) is 3. The summed E-state index contributed by atoms with van der Waals surface area (Å²) in [6.07, 6.45) is -0.163. The van der Waals surface area contributed by atoms with Gasteiger partial charge in [0.25, 0.3) is 5.91 Å². The Morgan fingerprint density at radius 1 is 0.917 bits per heavy atom. The Kier molecular flexibility index (Phi) is 7.67. The lowest BCUT2D eigenvalue weighted by Gasteiger charge is -2.14. The van der Waals surface area contributed by atoms with Crippen molar-refractivity contribution in [3.63, 3.8) is 0 Å². The standard InChI is InChI=1S/C28H19Cl2F2NO3/c1-16-4-2-3-5-25(16)33-28(35)22-12-17(21-10-9-20(31)15-24(21)32)7-11-26(22)36-27(34)13-18-6-8-19(29)14-23(18)30/h2-12,14-15H,13H2,1H3,(H,33,35). The van der Waals surface area contributed by atoms with Crippen LogP contribution in [-0.2, 0) is 11.2 Å². The number of aryl methyl sites for hydroxylation is 1. The number of hydrogen-bond donors (Lipinski definition) is 1. The van der Waals surface area contributed by atoms with Crippen LogP contribution in [-0.4, -0.2) is 11.9 Å². The molecule has 8 heteroatoms. The largest absolute Gasteiger partial charge is 0.425 e. The molecule has 1 amide bonds. The minimum absolute atomic E-state index is 0.00460. The van der Waals surface area contributed by atoms with Crippen LogP contribution in [0.25, 0.3) is 11.1 Å². The van der Waals surface area contributed by atoms with E-state index >= 15 is 0 Å². The van der Waals surface area contributed by atoms with Gasteiger partial charge in [0.2, 0.25) is 0 Å². The van der Waals surface area contributed by atoms with Gasteiger partial charge in [-0.3, -0.25) is 9.59 Å². The number of benzene rings is 4. The van der Waals surface area contributed by atoms with E-state index in [0.717, 1.165) is 17.7 Å². The summed E-state index contributed by atoms with van der Waals surface area (Å²) in [5, 5.41) is 3.52. The van der Waals surface area contributed by atoms with E-state index in [1.54, 1.807) is 24.3 Å². The Morgan fingerprint density at radius 2 is 1.69 bits per heavy atom. The molecule has 4 nitrogen and oxygen atoms in total. The van der Waals surface area contributed by atoms with Crippen molar-refractivity contribution < 1.29 is 23.1 Å². The maximum absolute atomic E-state index is 14.4. The monoisotopic (exact) mass is 525 g/mol. The lowest BCUT2D eigenvalue weighted by Crippen LogP contribution is -2.18. The van der Waals surface area contributed by atoms with Gasteiger partial charge in [0, 0.05) is 27.4 Å². The summed E-state index contributed by atoms with van der Waals surface area (Å²) in [6.45, 7) is 1.83. The quantitative estimate of drug-likeness (QED) is 0.208. The van der Waals surface area contributed by atoms with Crippen molar-refractivity contribution in [2.45, 2.75) is 13.3 Å². The first-order valence-electron chi connectivity index (χ1n) is 10.8. The third kappa shape index (κ3) is 5.90. The normalized spacial score (nSPS) is 10.7. The minimum atomic E-state index is -0.789. The molecule has 0 aliphatic rings. The van der Waals surface area contributed by atoms with Crippen molar-refractivity contribution in [1.82, 2.24) is 0 Å². The van der Waals surface area contributed by atoms with E-state index < -0.39 is 23.5 Å². The lowest BCUT2D eigenvalue weighted by molar-refractivity contribution is -0.133. The molecule has 0 spiro atoms. The predicted octanol–water partition coefficient (Wildman–Crippen LogP) is 7.65. The van der Waals surface area contributed by atoms with Crippen LogP contribution in [0.1, 0.15) is 21.5 Å². The molecule has 0 aliphatic carbocycles. The molecular weight excluding hydrogens is 507 g/mol. The van der Waals surface area contributed by atoms with Gasteiger partial charge in [-0.2, -0.15) is 0 Å². The van der Waals surface area contributed by atoms with Crippen LogP contribution >= 0.6 is 23.2 Å². The Bertz CT molecular complexity index is 1470. The topological polar surface area (TPSA) is 55.4 Å². The number of halogens is 4. The summed E-state index contributed by atoms with van der Waals surface area (Å²) in [5.41, 5.74) is 2.28. The van der Waals surface area contributed by atoms with Crippen molar-refractivity contribution in [2.75, 3.05) is 5.32 Å². The van der Waals surface area contributed by atoms with E-state index in [4.69, 9.17) is 27.9 Å². The van der Waals surface area contributed by atoms with Gasteiger partial charge in [-0.05, 0) is 66.1 Å². The zero-order valence-corrected chi connectivity index (χ0v) is 20.5. The highest BCUT2D eigenvalue weighted by Gasteiger charge is 2.20. The molecule has 36 heavy (non-hydrogen) atoms. The second-order valence-corrected chi connectivity index (χ2v) is 8.83. The average Bonchev–Trinajstić information content (AvgIpc) is 2.83. The van der Waals surface area contributed by atoms with Gasteiger partial charge in [-0.15, -0.1) is 0 Å². The summed E-state index contributed by atoms with van der Waals surface area (Å²) in [5.74, 6) is -2.77. The number of para-hydroxylation sites is 1. The molecule has 4 aromatic carbocycles. The summed E-state index contributed by atoms with van der Waals surface area (Å²) >= 11 is 12.1. The zero-order chi connectivity index (χ0) is 25.8. The molecule has 1 N–H and O–H groups in total. The first-order chi connectivity index (χ1) is 17.2. The lowest BCUT2D eigenvalue weighted by atomic mass is 10.0. The third-order valence-corrected chi connectivity index (χ3v) is 6.02. The minimum Gasteiger partial charge on any atom is -0.425 e. The maximum Gasteiger partial charge on any atom is 0.315 e. The van der Waals surface area contributed by atoms with Gasteiger partial charge in [0.1, 0.15) is 17.4 Å². The van der Waals surface area contributed by atoms with Crippen LogP contribution < -0.4 is 10.1 Å². The van der Waals surface area contributed by atoms with Crippen molar-refractivity contribution >= 4 is 40.8 Å². The summed E-state index contributed by atoms with van der Waals surface area (Å²) in [7, 11) is 0. The molecule has 4 aromatic rings. The highest BCUT2D eigenvalue weighted by Crippen LogP contribution is 2.31. The van der Waals surface area contributed by atoms with Crippen LogP contribution in [0.3, 0.4) is 0 Å². The molecule has 0 atom stereocenters. The SMILES string of the molecule is Cc1ccccc1NC(=O)c1cc(-c2ccc(F)cc2F)ccc1OC(=O)Cc1ccc(Cl)cc1Cl. The van der Waals surface area contributed by atoms with Crippen LogP contribution in [0.15, 0.2) is 78.9 Å². The number of carbonyl (C=O) groups excluding carboxylic acids is 2. The summed E-state index contributed by atoms with van der Waals surface area (Å²) in [4.78, 5) is 26.0. The predicted molar refractivity (Wildman–Crippen MR) is 137 cm³/mol. The van der Waals surface area contributed by atoms with Crippen LogP contribution in [0, 0.1) is 18.6 Å². The molecule has 4 rings (SSSR count). The number of rotatable bonds is 6. The van der Waals surface area contributed by atoms with Crippen LogP contribution in [0.4, 0.5) is 14.5 Å². The molecule has 0 bridgehead atoms. The molecule has 0 heterocycles. The molecule has 0 unspecified atom stereocenters. The second-order valence-electron chi connectivity index (χ2n) is 7.99. The molecule has 0 saturated heterocycles. The van der Waals surface area contributed by atoms with E-state index in [2.05, 4.69) is 5.32 Å². The third-order valence-electron chi connectivity index (χ3n) is 5.43. The van der Waals surface area contributed by atoms with Gasteiger partial charge >= 0.3 is 5.97 Å². The molecule has 0 aromatic heterocycles. The van der Waals surface area contributed by atoms with Crippen molar-refractivity contribution in [3.05, 3.63) is 117 Å². The molecule has 182 valence electrons. The first kappa shape index (κ1) is 25.4. The maximum atomic E-state index is 14.4. The van der Waals surface area contributed by atoms with Crippen molar-refractivity contribution in [2.24, 2.45) is 0 Å². The van der Waals surface area contributed by atoms with E-state index in [1.807, 2.05) is 19.1 Å². The summed E-state index contributed by atoms with van der Waals surface area (Å²) < 4.78 is 33.4. The Labute approximate surface area is 216 Å². The number of anilines is 1. The number of nitrogens with one attached hydrogen (secondary N) is 1. The van der Waals surface area contributed by atoms with Gasteiger partial charge < -0.3 is 10.1 Å². The highest BCUT2D eigenvalue weighted by atomic mass is 35.5. The zero-order valence-electron chi connectivity index (χ0n) is 18.9. The fraction of sp³-hybridized carbons (Fsp3) is 0.0714. The van der Waals surface area contributed by atoms with Gasteiger partial charge in [-0.25, -0.2) is 8.78 Å². The number of carbonyl (C=O) groups is 2. The van der Waals surface area contributed by atoms with Crippen molar-refractivity contribution in [1.29, 1.82) is 0 Å².